The van der Waals surface area contributed by atoms with Crippen LogP contribution in [-0.2, 0) is 11.3 Å². The largest absolute Gasteiger partial charge is 0.479 e. The molecule has 1 atom stereocenters. The van der Waals surface area contributed by atoms with E-state index in [2.05, 4.69) is 5.32 Å². The predicted molar refractivity (Wildman–Crippen MR) is 115 cm³/mol. The van der Waals surface area contributed by atoms with Gasteiger partial charge in [0, 0.05) is 23.4 Å². The van der Waals surface area contributed by atoms with E-state index in [1.807, 2.05) is 30.3 Å². The van der Waals surface area contributed by atoms with Crippen molar-refractivity contribution in [3.05, 3.63) is 94.0 Å². The Morgan fingerprint density at radius 3 is 2.48 bits per heavy atom. The van der Waals surface area contributed by atoms with Crippen LogP contribution in [0.15, 0.2) is 72.8 Å². The number of fused-ring (bicyclic) bond motifs is 1. The summed E-state index contributed by atoms with van der Waals surface area (Å²) in [5.74, 6) is -0.0348. The zero-order valence-corrected chi connectivity index (χ0v) is 16.6. The normalized spacial score (nSPS) is 15.1. The highest BCUT2D eigenvalue weighted by atomic mass is 16.6. The quantitative estimate of drug-likeness (QED) is 0.496. The first-order valence-corrected chi connectivity index (χ1v) is 9.64. The number of ether oxygens (including phenoxy) is 1. The van der Waals surface area contributed by atoms with Crippen molar-refractivity contribution >= 4 is 28.9 Å². The number of nitro groups is 1. The van der Waals surface area contributed by atoms with Crippen LogP contribution < -0.4 is 15.0 Å². The van der Waals surface area contributed by atoms with Crippen LogP contribution in [0, 0.1) is 10.1 Å². The summed E-state index contributed by atoms with van der Waals surface area (Å²) in [4.78, 5) is 37.3. The van der Waals surface area contributed by atoms with Crippen molar-refractivity contribution in [2.45, 2.75) is 19.6 Å². The van der Waals surface area contributed by atoms with Crippen LogP contribution in [0.4, 0.5) is 17.1 Å². The maximum absolute atomic E-state index is 12.8. The number of non-ortho nitro benzene ring substituents is 1. The lowest BCUT2D eigenvalue weighted by atomic mass is 10.1. The number of nitrogens with zero attached hydrogens (tertiary/aromatic N) is 2. The van der Waals surface area contributed by atoms with Crippen molar-refractivity contribution < 1.29 is 19.2 Å². The van der Waals surface area contributed by atoms with Gasteiger partial charge in [0.25, 0.3) is 17.5 Å². The van der Waals surface area contributed by atoms with Gasteiger partial charge in [-0.15, -0.1) is 0 Å². The van der Waals surface area contributed by atoms with Crippen LogP contribution in [0.1, 0.15) is 22.8 Å². The second-order valence-electron chi connectivity index (χ2n) is 7.11. The van der Waals surface area contributed by atoms with Crippen molar-refractivity contribution in [3.63, 3.8) is 0 Å². The van der Waals surface area contributed by atoms with Gasteiger partial charge in [0.05, 0.1) is 17.2 Å². The van der Waals surface area contributed by atoms with E-state index < -0.39 is 16.9 Å². The smallest absolute Gasteiger partial charge is 0.269 e. The van der Waals surface area contributed by atoms with Gasteiger partial charge in [0.15, 0.2) is 6.10 Å². The number of rotatable bonds is 5. The van der Waals surface area contributed by atoms with Crippen LogP contribution >= 0.6 is 0 Å². The Bertz CT molecular complexity index is 1150. The third kappa shape index (κ3) is 4.23. The molecule has 8 heteroatoms. The highest BCUT2D eigenvalue weighted by Crippen LogP contribution is 2.37. The van der Waals surface area contributed by atoms with E-state index in [0.717, 1.165) is 5.56 Å². The highest BCUT2D eigenvalue weighted by Gasteiger charge is 2.31. The number of hydrogen-bond donors (Lipinski definition) is 1. The van der Waals surface area contributed by atoms with E-state index in [0.29, 0.717) is 23.7 Å². The summed E-state index contributed by atoms with van der Waals surface area (Å²) < 4.78 is 5.72. The lowest BCUT2D eigenvalue weighted by Crippen LogP contribution is -2.44. The van der Waals surface area contributed by atoms with Gasteiger partial charge in [-0.25, -0.2) is 0 Å². The number of nitrogens with one attached hydrogen (secondary N) is 1. The SMILES string of the molecule is CC1Oc2ccc(NC(=O)c3ccc([N+](=O)[O-])cc3)cc2N(Cc2ccccc2)C1=O. The number of nitro benzene ring substituents is 1. The number of benzene rings is 3. The summed E-state index contributed by atoms with van der Waals surface area (Å²) in [6, 6.07) is 20.0. The minimum absolute atomic E-state index is 0.0911. The number of carbonyl (C=O) groups is 2. The summed E-state index contributed by atoms with van der Waals surface area (Å²) in [7, 11) is 0. The molecule has 0 aliphatic carbocycles. The average molecular weight is 417 g/mol. The van der Waals surface area contributed by atoms with Crippen molar-refractivity contribution in [1.82, 2.24) is 0 Å². The van der Waals surface area contributed by atoms with Gasteiger partial charge >= 0.3 is 0 Å². The highest BCUT2D eigenvalue weighted by molar-refractivity contribution is 6.05. The van der Waals surface area contributed by atoms with Crippen molar-refractivity contribution in [3.8, 4) is 5.75 Å². The van der Waals surface area contributed by atoms with Gasteiger partial charge in [-0.1, -0.05) is 30.3 Å². The Labute approximate surface area is 178 Å². The van der Waals surface area contributed by atoms with Crippen molar-refractivity contribution in [2.24, 2.45) is 0 Å². The molecule has 31 heavy (non-hydrogen) atoms. The van der Waals surface area contributed by atoms with E-state index in [1.54, 1.807) is 30.0 Å². The van der Waals surface area contributed by atoms with Crippen LogP contribution in [-0.4, -0.2) is 22.8 Å². The second-order valence-corrected chi connectivity index (χ2v) is 7.11. The summed E-state index contributed by atoms with van der Waals surface area (Å²) >= 11 is 0. The molecule has 0 saturated carbocycles. The minimum atomic E-state index is -0.614. The molecule has 8 nitrogen and oxygen atoms in total. The van der Waals surface area contributed by atoms with E-state index >= 15 is 0 Å². The molecule has 156 valence electrons. The molecule has 0 bridgehead atoms. The molecule has 4 rings (SSSR count). The maximum Gasteiger partial charge on any atom is 0.269 e. The molecule has 3 aromatic rings. The molecular formula is C23H19N3O5. The molecule has 0 radical (unpaired) electrons. The molecule has 1 aliphatic heterocycles. The summed E-state index contributed by atoms with van der Waals surface area (Å²) in [6.07, 6.45) is -0.614. The second kappa shape index (κ2) is 8.27. The Morgan fingerprint density at radius 2 is 1.81 bits per heavy atom. The van der Waals surface area contributed by atoms with E-state index in [-0.39, 0.29) is 17.2 Å². The topological polar surface area (TPSA) is 102 Å². The Balaban J connectivity index is 1.59. The predicted octanol–water partition coefficient (Wildman–Crippen LogP) is 4.16. The molecule has 1 N–H and O–H groups in total. The fraction of sp³-hybridized carbons (Fsp3) is 0.130. The number of amides is 2. The summed E-state index contributed by atoms with van der Waals surface area (Å²) in [5, 5.41) is 13.5. The molecule has 0 aromatic heterocycles. The van der Waals surface area contributed by atoms with Gasteiger partial charge in [-0.3, -0.25) is 19.7 Å². The number of carbonyl (C=O) groups excluding carboxylic acids is 2. The summed E-state index contributed by atoms with van der Waals surface area (Å²) in [6.45, 7) is 2.08. The Kier molecular flexibility index (Phi) is 5.36. The molecule has 1 aliphatic rings. The van der Waals surface area contributed by atoms with Gasteiger partial charge in [0.1, 0.15) is 5.75 Å². The van der Waals surface area contributed by atoms with Gasteiger partial charge in [-0.05, 0) is 42.8 Å². The Morgan fingerprint density at radius 1 is 1.10 bits per heavy atom. The molecular weight excluding hydrogens is 398 g/mol. The number of hydrogen-bond acceptors (Lipinski definition) is 5. The van der Waals surface area contributed by atoms with Crippen molar-refractivity contribution in [2.75, 3.05) is 10.2 Å². The first-order chi connectivity index (χ1) is 14.9. The average Bonchev–Trinajstić information content (AvgIpc) is 2.78. The zero-order valence-electron chi connectivity index (χ0n) is 16.6. The molecule has 0 spiro atoms. The molecule has 3 aromatic carbocycles. The summed E-state index contributed by atoms with van der Waals surface area (Å²) in [5.41, 5.74) is 2.20. The van der Waals surface area contributed by atoms with Gasteiger partial charge in [0.2, 0.25) is 0 Å². The standard InChI is InChI=1S/C23H19N3O5/c1-15-23(28)25(14-16-5-3-2-4-6-16)20-13-18(9-12-21(20)31-15)24-22(27)17-7-10-19(11-8-17)26(29)30/h2-13,15H,14H2,1H3,(H,24,27). The molecule has 1 unspecified atom stereocenters. The molecule has 0 saturated heterocycles. The van der Waals surface area contributed by atoms with Crippen LogP contribution in [0.2, 0.25) is 0 Å². The van der Waals surface area contributed by atoms with E-state index in [4.69, 9.17) is 4.74 Å². The Hall–Kier alpha value is -4.20. The maximum atomic E-state index is 12.8. The first kappa shape index (κ1) is 20.1. The van der Waals surface area contributed by atoms with Gasteiger partial charge in [-0.2, -0.15) is 0 Å². The number of anilines is 2. The zero-order chi connectivity index (χ0) is 22.0. The van der Waals surface area contributed by atoms with E-state index in [9.17, 15) is 19.7 Å². The lowest BCUT2D eigenvalue weighted by molar-refractivity contribution is -0.384. The molecule has 2 amide bonds. The van der Waals surface area contributed by atoms with Crippen LogP contribution in [0.3, 0.4) is 0 Å². The van der Waals surface area contributed by atoms with Crippen LogP contribution in [0.25, 0.3) is 0 Å². The fourth-order valence-corrected chi connectivity index (χ4v) is 3.35. The third-order valence-electron chi connectivity index (χ3n) is 4.95. The first-order valence-electron chi connectivity index (χ1n) is 9.64. The van der Waals surface area contributed by atoms with Gasteiger partial charge < -0.3 is 15.0 Å². The molecule has 0 fully saturated rings. The van der Waals surface area contributed by atoms with Crippen molar-refractivity contribution in [1.29, 1.82) is 0 Å². The molecule has 1 heterocycles. The van der Waals surface area contributed by atoms with E-state index in [1.165, 1.54) is 24.3 Å². The van der Waals surface area contributed by atoms with Crippen LogP contribution in [0.5, 0.6) is 5.75 Å². The monoisotopic (exact) mass is 417 g/mol. The fourth-order valence-electron chi connectivity index (χ4n) is 3.35. The lowest BCUT2D eigenvalue weighted by Gasteiger charge is -2.33. The minimum Gasteiger partial charge on any atom is -0.479 e. The third-order valence-corrected chi connectivity index (χ3v) is 4.95.